The van der Waals surface area contributed by atoms with Crippen molar-refractivity contribution in [2.75, 3.05) is 6.54 Å². The summed E-state index contributed by atoms with van der Waals surface area (Å²) in [5.41, 5.74) is 1.47. The minimum absolute atomic E-state index is 0.0882. The van der Waals surface area contributed by atoms with Crippen molar-refractivity contribution in [2.24, 2.45) is 13.0 Å². The van der Waals surface area contributed by atoms with E-state index in [4.69, 9.17) is 6.42 Å². The molecule has 0 aliphatic heterocycles. The Morgan fingerprint density at radius 3 is 3.12 bits per heavy atom. The van der Waals surface area contributed by atoms with E-state index in [0.29, 0.717) is 0 Å². The van der Waals surface area contributed by atoms with Crippen LogP contribution in [0.2, 0.25) is 0 Å². The van der Waals surface area contributed by atoms with Gasteiger partial charge in [0.25, 0.3) is 0 Å². The molecule has 2 unspecified atom stereocenters. The first-order valence-corrected chi connectivity index (χ1v) is 10.6. The number of fused-ring (bicyclic) bond motifs is 1. The zero-order chi connectivity index (χ0) is 18.7. The fourth-order valence-electron chi connectivity index (χ4n) is 3.18. The maximum Gasteiger partial charge on any atom is 0.234 e. The zero-order valence-corrected chi connectivity index (χ0v) is 17.0. The molecule has 1 aliphatic rings. The summed E-state index contributed by atoms with van der Waals surface area (Å²) in [6, 6.07) is 2.28. The molecule has 0 radical (unpaired) electrons. The van der Waals surface area contributed by atoms with Gasteiger partial charge in [0.2, 0.25) is 5.91 Å². The molecule has 1 N–H and O–H groups in total. The topological polar surface area (TPSA) is 59.8 Å². The minimum Gasteiger partial charge on any atom is -0.344 e. The summed E-state index contributed by atoms with van der Waals surface area (Å²) < 4.78 is 1.98. The van der Waals surface area contributed by atoms with Gasteiger partial charge in [-0.3, -0.25) is 4.79 Å². The van der Waals surface area contributed by atoms with Crippen LogP contribution in [0.1, 0.15) is 37.1 Å². The van der Waals surface area contributed by atoms with Crippen molar-refractivity contribution in [3.8, 4) is 23.0 Å². The number of nitrogens with zero attached hydrogens (tertiary/aromatic N) is 3. The molecule has 7 heteroatoms. The van der Waals surface area contributed by atoms with Gasteiger partial charge >= 0.3 is 0 Å². The maximum atomic E-state index is 12.0. The molecule has 5 nitrogen and oxygen atoms in total. The number of hydrogen-bond acceptors (Lipinski definition) is 5. The van der Waals surface area contributed by atoms with Gasteiger partial charge in [-0.25, -0.2) is 0 Å². The van der Waals surface area contributed by atoms with Crippen LogP contribution in [0.25, 0.3) is 10.7 Å². The Morgan fingerprint density at radius 1 is 1.58 bits per heavy atom. The van der Waals surface area contributed by atoms with E-state index in [0.717, 1.165) is 21.8 Å². The van der Waals surface area contributed by atoms with Gasteiger partial charge in [0.1, 0.15) is 0 Å². The molecule has 2 heterocycles. The molecule has 3 rings (SSSR count). The summed E-state index contributed by atoms with van der Waals surface area (Å²) in [4.78, 5) is 14.7. The van der Waals surface area contributed by atoms with Crippen LogP contribution in [0.5, 0.6) is 0 Å². The summed E-state index contributed by atoms with van der Waals surface area (Å²) in [6.07, 6.45) is 10.1. The Balaban J connectivity index is 1.75. The molecule has 138 valence electrons. The fraction of sp³-hybridized carbons (Fsp3) is 0.526. The molecule has 0 saturated heterocycles. The number of amides is 1. The molecule has 0 saturated carbocycles. The molecule has 2 aromatic rings. The lowest BCUT2D eigenvalue weighted by molar-refractivity contribution is -0.120. The summed E-state index contributed by atoms with van der Waals surface area (Å²) in [6.45, 7) is 4.36. The van der Waals surface area contributed by atoms with Gasteiger partial charge in [-0.15, -0.1) is 28.0 Å². The fourth-order valence-corrected chi connectivity index (χ4v) is 5.25. The minimum atomic E-state index is -0.277. The van der Waals surface area contributed by atoms with Crippen molar-refractivity contribution < 1.29 is 4.79 Å². The van der Waals surface area contributed by atoms with E-state index in [9.17, 15) is 4.79 Å². The van der Waals surface area contributed by atoms with E-state index < -0.39 is 0 Å². The lowest BCUT2D eigenvalue weighted by atomic mass is 9.87. The highest BCUT2D eigenvalue weighted by molar-refractivity contribution is 8.00. The molecule has 2 atom stereocenters. The van der Waals surface area contributed by atoms with E-state index in [1.165, 1.54) is 47.9 Å². The van der Waals surface area contributed by atoms with Gasteiger partial charge in [0, 0.05) is 11.9 Å². The van der Waals surface area contributed by atoms with Crippen LogP contribution in [-0.4, -0.2) is 32.5 Å². The molecular weight excluding hydrogens is 364 g/mol. The number of rotatable bonds is 6. The third-order valence-corrected chi connectivity index (χ3v) is 7.20. The lowest BCUT2D eigenvalue weighted by Gasteiger charge is -2.19. The Hall–Kier alpha value is -1.78. The molecule has 1 amide bonds. The molecule has 2 aromatic heterocycles. The molecule has 0 bridgehead atoms. The van der Waals surface area contributed by atoms with Gasteiger partial charge in [0.05, 0.1) is 16.7 Å². The number of aromatic nitrogens is 3. The second-order valence-electron chi connectivity index (χ2n) is 6.62. The standard InChI is InChI=1S/C19H24N4OS2/c1-5-9-20-18(24)12(3)25-19-22-21-17(23(19)4)16-11-14-10-13(6-2)7-8-15(14)26-16/h1,11-13H,6-10H2,2-4H3,(H,20,24). The summed E-state index contributed by atoms with van der Waals surface area (Å²) in [7, 11) is 1.96. The number of carbonyl (C=O) groups excluding carboxylic acids is 1. The van der Waals surface area contributed by atoms with E-state index in [-0.39, 0.29) is 17.7 Å². The monoisotopic (exact) mass is 388 g/mol. The number of aryl methyl sites for hydroxylation is 1. The third kappa shape index (κ3) is 3.97. The third-order valence-electron chi connectivity index (χ3n) is 4.83. The van der Waals surface area contributed by atoms with Crippen molar-refractivity contribution in [3.63, 3.8) is 0 Å². The molecule has 1 aliphatic carbocycles. The van der Waals surface area contributed by atoms with Crippen molar-refractivity contribution in [3.05, 3.63) is 16.5 Å². The maximum absolute atomic E-state index is 12.0. The second-order valence-corrected chi connectivity index (χ2v) is 9.07. The Kier molecular flexibility index (Phi) is 6.05. The Bertz CT molecular complexity index is 833. The highest BCUT2D eigenvalue weighted by Crippen LogP contribution is 2.38. The van der Waals surface area contributed by atoms with Crippen molar-refractivity contribution in [1.82, 2.24) is 20.1 Å². The summed E-state index contributed by atoms with van der Waals surface area (Å²) in [5.74, 6) is 4.00. The Morgan fingerprint density at radius 2 is 2.38 bits per heavy atom. The molecule has 0 spiro atoms. The first kappa shape index (κ1) is 19.0. The highest BCUT2D eigenvalue weighted by atomic mass is 32.2. The van der Waals surface area contributed by atoms with Crippen LogP contribution in [-0.2, 0) is 24.7 Å². The van der Waals surface area contributed by atoms with E-state index in [1.807, 2.05) is 29.9 Å². The van der Waals surface area contributed by atoms with Crippen LogP contribution in [0.4, 0.5) is 0 Å². The number of terminal acetylenes is 1. The first-order chi connectivity index (χ1) is 12.5. The number of hydrogen-bond donors (Lipinski definition) is 1. The largest absolute Gasteiger partial charge is 0.344 e. The van der Waals surface area contributed by atoms with Crippen LogP contribution < -0.4 is 5.32 Å². The lowest BCUT2D eigenvalue weighted by Crippen LogP contribution is -2.31. The number of thioether (sulfide) groups is 1. The van der Waals surface area contributed by atoms with Crippen molar-refractivity contribution in [1.29, 1.82) is 0 Å². The second kappa shape index (κ2) is 8.28. The zero-order valence-electron chi connectivity index (χ0n) is 15.4. The summed E-state index contributed by atoms with van der Waals surface area (Å²) in [5, 5.41) is 11.8. The molecule has 0 fully saturated rings. The van der Waals surface area contributed by atoms with Gasteiger partial charge in [-0.2, -0.15) is 0 Å². The Labute approximate surface area is 163 Å². The van der Waals surface area contributed by atoms with Gasteiger partial charge in [0.15, 0.2) is 11.0 Å². The predicted octanol–water partition coefficient (Wildman–Crippen LogP) is 3.29. The predicted molar refractivity (Wildman–Crippen MR) is 107 cm³/mol. The first-order valence-electron chi connectivity index (χ1n) is 8.92. The molecule has 26 heavy (non-hydrogen) atoms. The quantitative estimate of drug-likeness (QED) is 0.609. The van der Waals surface area contributed by atoms with Crippen LogP contribution in [0.3, 0.4) is 0 Å². The summed E-state index contributed by atoms with van der Waals surface area (Å²) >= 11 is 3.23. The van der Waals surface area contributed by atoms with Crippen LogP contribution in [0.15, 0.2) is 11.2 Å². The van der Waals surface area contributed by atoms with E-state index in [1.54, 1.807) is 0 Å². The highest BCUT2D eigenvalue weighted by Gasteiger charge is 2.23. The van der Waals surface area contributed by atoms with Crippen LogP contribution in [0, 0.1) is 18.3 Å². The number of thiophene rings is 1. The van der Waals surface area contributed by atoms with Crippen LogP contribution >= 0.6 is 23.1 Å². The van der Waals surface area contributed by atoms with E-state index >= 15 is 0 Å². The van der Waals surface area contributed by atoms with Crippen molar-refractivity contribution in [2.45, 2.75) is 49.9 Å². The van der Waals surface area contributed by atoms with Gasteiger partial charge in [-0.05, 0) is 43.7 Å². The average Bonchev–Trinajstić information content (AvgIpc) is 3.22. The average molecular weight is 389 g/mol. The number of carbonyl (C=O) groups is 1. The van der Waals surface area contributed by atoms with E-state index in [2.05, 4.69) is 34.4 Å². The number of nitrogens with one attached hydrogen (secondary N) is 1. The van der Waals surface area contributed by atoms with Crippen molar-refractivity contribution >= 4 is 29.0 Å². The van der Waals surface area contributed by atoms with Gasteiger partial charge < -0.3 is 9.88 Å². The smallest absolute Gasteiger partial charge is 0.234 e. The SMILES string of the molecule is C#CCNC(=O)C(C)Sc1nnc(-c2cc3c(s2)CCC(CC)C3)n1C. The molecule has 0 aromatic carbocycles. The molecular formula is C19H24N4OS2. The van der Waals surface area contributed by atoms with Gasteiger partial charge in [-0.1, -0.05) is 31.0 Å². The normalized spacial score (nSPS) is 17.4.